The van der Waals surface area contributed by atoms with E-state index in [-0.39, 0.29) is 23.8 Å². The summed E-state index contributed by atoms with van der Waals surface area (Å²) in [7, 11) is 0. The lowest BCUT2D eigenvalue weighted by Crippen LogP contribution is -2.33. The largest absolute Gasteiger partial charge is 0.385 e. The molecule has 2 fully saturated rings. The number of fused-ring (bicyclic) bond motifs is 2. The highest BCUT2D eigenvalue weighted by Crippen LogP contribution is 2.60. The predicted octanol–water partition coefficient (Wildman–Crippen LogP) is 3.22. The van der Waals surface area contributed by atoms with Crippen LogP contribution in [0.4, 0.5) is 0 Å². The molecule has 5 rings (SSSR count). The lowest BCUT2D eigenvalue weighted by atomic mass is 9.86. The molecule has 3 N–H and O–H groups in total. The van der Waals surface area contributed by atoms with Crippen molar-refractivity contribution >= 4 is 28.4 Å². The number of halogens is 1. The fourth-order valence-electron chi connectivity index (χ4n) is 4.68. The average Bonchev–Trinajstić information content (AvgIpc) is 3.06. The third-order valence-corrected chi connectivity index (χ3v) is 6.31. The first-order valence-corrected chi connectivity index (χ1v) is 9.59. The molecule has 2 aliphatic carbocycles. The number of aromatic amines is 1. The fourth-order valence-corrected chi connectivity index (χ4v) is 4.90. The second-order valence-corrected chi connectivity index (χ2v) is 8.21. The summed E-state index contributed by atoms with van der Waals surface area (Å²) in [6, 6.07) is 10.8. The van der Waals surface area contributed by atoms with E-state index < -0.39 is 5.60 Å². The van der Waals surface area contributed by atoms with Gasteiger partial charge in [-0.05, 0) is 60.6 Å². The van der Waals surface area contributed by atoms with Crippen LogP contribution in [0.2, 0.25) is 5.02 Å². The van der Waals surface area contributed by atoms with E-state index in [1.54, 1.807) is 36.5 Å². The van der Waals surface area contributed by atoms with Crippen LogP contribution in [0.3, 0.4) is 0 Å². The summed E-state index contributed by atoms with van der Waals surface area (Å²) in [6.45, 7) is 0. The van der Waals surface area contributed by atoms with Crippen molar-refractivity contribution in [3.8, 4) is 12.3 Å². The lowest BCUT2D eigenvalue weighted by Gasteiger charge is -2.27. The van der Waals surface area contributed by atoms with Crippen LogP contribution in [0, 0.1) is 24.2 Å². The van der Waals surface area contributed by atoms with E-state index in [0.717, 1.165) is 16.5 Å². The quantitative estimate of drug-likeness (QED) is 0.600. The van der Waals surface area contributed by atoms with Crippen LogP contribution in [0.5, 0.6) is 0 Å². The van der Waals surface area contributed by atoms with Gasteiger partial charge in [0.2, 0.25) is 0 Å². The Morgan fingerprint density at radius 1 is 1.32 bits per heavy atom. The van der Waals surface area contributed by atoms with Gasteiger partial charge in [-0.15, -0.1) is 6.42 Å². The standard InChI is InChI=1S/C22H18ClN3O2/c1-2-12-4-3-5-13(6-12)21(27)25-20-15-9-22(28,10-16(15)20)18-7-14(23)8-19-17(18)11-24-26-19/h1,3-8,11,15-16,20,28H,9-10H2,(H,24,26)(H,25,27)/t15-,16+,20+,22-. The molecule has 4 atom stereocenters. The van der Waals surface area contributed by atoms with E-state index in [1.165, 1.54) is 0 Å². The van der Waals surface area contributed by atoms with Gasteiger partial charge in [0.15, 0.2) is 0 Å². The molecule has 0 spiro atoms. The number of carbonyl (C=O) groups excluding carboxylic acids is 1. The molecular weight excluding hydrogens is 374 g/mol. The van der Waals surface area contributed by atoms with Gasteiger partial charge in [-0.1, -0.05) is 23.6 Å². The molecule has 2 aromatic carbocycles. The Balaban J connectivity index is 1.32. The first-order chi connectivity index (χ1) is 13.5. The van der Waals surface area contributed by atoms with Gasteiger partial charge < -0.3 is 10.4 Å². The number of rotatable bonds is 3. The summed E-state index contributed by atoms with van der Waals surface area (Å²) in [6.07, 6.45) is 8.31. The second kappa shape index (κ2) is 6.10. The number of carbonyl (C=O) groups is 1. The maximum absolute atomic E-state index is 12.5. The molecule has 1 heterocycles. The minimum Gasteiger partial charge on any atom is -0.385 e. The van der Waals surface area contributed by atoms with Crippen molar-refractivity contribution in [3.63, 3.8) is 0 Å². The minimum absolute atomic E-state index is 0.0845. The number of aromatic nitrogens is 2. The smallest absolute Gasteiger partial charge is 0.251 e. The Kier molecular flexibility index (Phi) is 3.77. The van der Waals surface area contributed by atoms with Crippen molar-refractivity contribution in [2.75, 3.05) is 0 Å². The van der Waals surface area contributed by atoms with Crippen LogP contribution in [-0.4, -0.2) is 27.3 Å². The molecular formula is C22H18ClN3O2. The van der Waals surface area contributed by atoms with Crippen LogP contribution in [0.1, 0.15) is 34.3 Å². The molecule has 6 heteroatoms. The number of terminal acetylenes is 1. The molecule has 2 saturated carbocycles. The van der Waals surface area contributed by atoms with E-state index in [1.807, 2.05) is 6.07 Å². The zero-order valence-corrected chi connectivity index (χ0v) is 15.7. The molecule has 1 aromatic heterocycles. The number of nitrogens with zero attached hydrogens (tertiary/aromatic N) is 1. The zero-order valence-electron chi connectivity index (χ0n) is 14.9. The van der Waals surface area contributed by atoms with Crippen molar-refractivity contribution in [3.05, 3.63) is 64.3 Å². The minimum atomic E-state index is -0.951. The number of amides is 1. The van der Waals surface area contributed by atoms with E-state index in [4.69, 9.17) is 18.0 Å². The number of aliphatic hydroxyl groups is 1. The van der Waals surface area contributed by atoms with Gasteiger partial charge in [-0.3, -0.25) is 9.89 Å². The Bertz CT molecular complexity index is 1130. The van der Waals surface area contributed by atoms with Gasteiger partial charge in [0.1, 0.15) is 0 Å². The monoisotopic (exact) mass is 391 g/mol. The van der Waals surface area contributed by atoms with E-state index in [9.17, 15) is 9.90 Å². The van der Waals surface area contributed by atoms with Gasteiger partial charge in [0.05, 0.1) is 17.3 Å². The summed E-state index contributed by atoms with van der Waals surface area (Å²) in [4.78, 5) is 12.5. The van der Waals surface area contributed by atoms with Gasteiger partial charge in [0, 0.05) is 27.6 Å². The Hall–Kier alpha value is -2.81. The first-order valence-electron chi connectivity index (χ1n) is 9.21. The molecule has 3 aromatic rings. The van der Waals surface area contributed by atoms with Crippen molar-refractivity contribution in [2.24, 2.45) is 11.8 Å². The normalized spacial score (nSPS) is 28.0. The molecule has 0 bridgehead atoms. The van der Waals surface area contributed by atoms with Crippen molar-refractivity contribution in [2.45, 2.75) is 24.5 Å². The van der Waals surface area contributed by atoms with Gasteiger partial charge in [0.25, 0.3) is 5.91 Å². The summed E-state index contributed by atoms with van der Waals surface area (Å²) in [5.74, 6) is 2.93. The van der Waals surface area contributed by atoms with Crippen molar-refractivity contribution in [1.82, 2.24) is 15.5 Å². The predicted molar refractivity (Wildman–Crippen MR) is 107 cm³/mol. The average molecular weight is 392 g/mol. The topological polar surface area (TPSA) is 78.0 Å². The number of benzene rings is 2. The third-order valence-electron chi connectivity index (χ3n) is 6.09. The molecule has 28 heavy (non-hydrogen) atoms. The number of hydrogen-bond donors (Lipinski definition) is 3. The maximum atomic E-state index is 12.5. The number of hydrogen-bond acceptors (Lipinski definition) is 3. The number of nitrogens with one attached hydrogen (secondary N) is 2. The third kappa shape index (κ3) is 2.69. The van der Waals surface area contributed by atoms with Crippen LogP contribution >= 0.6 is 11.6 Å². The van der Waals surface area contributed by atoms with Crippen molar-refractivity contribution in [1.29, 1.82) is 0 Å². The maximum Gasteiger partial charge on any atom is 0.251 e. The van der Waals surface area contributed by atoms with E-state index in [2.05, 4.69) is 21.4 Å². The molecule has 1 amide bonds. The first kappa shape index (κ1) is 17.3. The highest BCUT2D eigenvalue weighted by atomic mass is 35.5. The lowest BCUT2D eigenvalue weighted by molar-refractivity contribution is 0.0293. The van der Waals surface area contributed by atoms with Crippen LogP contribution < -0.4 is 5.32 Å². The molecule has 0 aliphatic heterocycles. The van der Waals surface area contributed by atoms with Crippen LogP contribution in [0.15, 0.2) is 42.6 Å². The molecule has 0 saturated heterocycles. The molecule has 5 nitrogen and oxygen atoms in total. The zero-order chi connectivity index (χ0) is 19.5. The van der Waals surface area contributed by atoms with Gasteiger partial charge >= 0.3 is 0 Å². The highest BCUT2D eigenvalue weighted by Gasteiger charge is 2.62. The fraction of sp³-hybridized carbons (Fsp3) is 0.273. The molecule has 2 aliphatic rings. The van der Waals surface area contributed by atoms with Crippen LogP contribution in [0.25, 0.3) is 10.9 Å². The number of H-pyrrole nitrogens is 1. The van der Waals surface area contributed by atoms with Crippen LogP contribution in [-0.2, 0) is 5.60 Å². The Labute approximate surface area is 167 Å². The SMILES string of the molecule is C#Cc1cccc(C(=O)N[C@H]2[C@@H]3C[C@](O)(c4cc(Cl)cc5[nH]ncc45)C[C@@H]32)c1. The summed E-state index contributed by atoms with van der Waals surface area (Å²) in [5, 5.41) is 22.8. The summed E-state index contributed by atoms with van der Waals surface area (Å²) < 4.78 is 0. The van der Waals surface area contributed by atoms with E-state index in [0.29, 0.717) is 29.0 Å². The molecule has 0 unspecified atom stereocenters. The molecule has 140 valence electrons. The Morgan fingerprint density at radius 3 is 2.86 bits per heavy atom. The molecule has 0 radical (unpaired) electrons. The van der Waals surface area contributed by atoms with Crippen molar-refractivity contribution < 1.29 is 9.90 Å². The van der Waals surface area contributed by atoms with Gasteiger partial charge in [-0.25, -0.2) is 0 Å². The summed E-state index contributed by atoms with van der Waals surface area (Å²) >= 11 is 6.23. The highest BCUT2D eigenvalue weighted by molar-refractivity contribution is 6.31. The van der Waals surface area contributed by atoms with E-state index >= 15 is 0 Å². The second-order valence-electron chi connectivity index (χ2n) is 7.78. The summed E-state index contributed by atoms with van der Waals surface area (Å²) in [5.41, 5.74) is 1.92. The van der Waals surface area contributed by atoms with Gasteiger partial charge in [-0.2, -0.15) is 5.10 Å². The Morgan fingerprint density at radius 2 is 2.11 bits per heavy atom.